The second kappa shape index (κ2) is 4.56. The molecule has 0 spiro atoms. The predicted octanol–water partition coefficient (Wildman–Crippen LogP) is 3.11. The SMILES string of the molecule is O=C1C=C(Cl)C(=O)C(Cl)=C1C1C=CCCC1. The average Bonchev–Trinajstić information content (AvgIpc) is 2.28. The molecule has 0 aliphatic heterocycles. The molecule has 0 radical (unpaired) electrons. The first kappa shape index (κ1) is 11.6. The Morgan fingerprint density at radius 1 is 1.25 bits per heavy atom. The summed E-state index contributed by atoms with van der Waals surface area (Å²) in [6.45, 7) is 0. The zero-order valence-electron chi connectivity index (χ0n) is 8.50. The van der Waals surface area contributed by atoms with Gasteiger partial charge in [-0.05, 0) is 19.3 Å². The van der Waals surface area contributed by atoms with Gasteiger partial charge in [0.05, 0.1) is 10.1 Å². The van der Waals surface area contributed by atoms with E-state index in [1.165, 1.54) is 0 Å². The minimum atomic E-state index is -0.447. The van der Waals surface area contributed by atoms with Crippen LogP contribution in [0.5, 0.6) is 0 Å². The molecule has 4 heteroatoms. The number of allylic oxidation sites excluding steroid dienone is 6. The monoisotopic (exact) mass is 256 g/mol. The van der Waals surface area contributed by atoms with E-state index in [0.717, 1.165) is 25.3 Å². The smallest absolute Gasteiger partial charge is 0.216 e. The number of carbonyl (C=O) groups excluding carboxylic acids is 2. The van der Waals surface area contributed by atoms with E-state index in [-0.39, 0.29) is 21.8 Å². The number of rotatable bonds is 1. The van der Waals surface area contributed by atoms with E-state index in [2.05, 4.69) is 0 Å². The van der Waals surface area contributed by atoms with Crippen LogP contribution in [0.15, 0.2) is 33.9 Å². The Hall–Kier alpha value is -0.860. The van der Waals surface area contributed by atoms with Crippen molar-refractivity contribution in [3.05, 3.63) is 33.9 Å². The van der Waals surface area contributed by atoms with Crippen LogP contribution in [-0.2, 0) is 9.59 Å². The number of Topliss-reactive ketones (excluding diaryl/α,β-unsaturated/α-hetero) is 1. The predicted molar refractivity (Wildman–Crippen MR) is 63.3 cm³/mol. The van der Waals surface area contributed by atoms with Crippen LogP contribution >= 0.6 is 23.2 Å². The molecular formula is C12H10Cl2O2. The van der Waals surface area contributed by atoms with Crippen molar-refractivity contribution < 1.29 is 9.59 Å². The van der Waals surface area contributed by atoms with E-state index in [0.29, 0.717) is 5.57 Å². The lowest BCUT2D eigenvalue weighted by Crippen LogP contribution is -2.20. The zero-order valence-corrected chi connectivity index (χ0v) is 10.0. The van der Waals surface area contributed by atoms with Crippen LogP contribution in [0.1, 0.15) is 19.3 Å². The fraction of sp³-hybridized carbons (Fsp3) is 0.333. The van der Waals surface area contributed by atoms with Crippen LogP contribution < -0.4 is 0 Å². The molecule has 16 heavy (non-hydrogen) atoms. The third kappa shape index (κ3) is 2.00. The molecule has 1 unspecified atom stereocenters. The van der Waals surface area contributed by atoms with Gasteiger partial charge in [0.2, 0.25) is 5.78 Å². The summed E-state index contributed by atoms with van der Waals surface area (Å²) in [7, 11) is 0. The van der Waals surface area contributed by atoms with Crippen LogP contribution in [-0.4, -0.2) is 11.6 Å². The van der Waals surface area contributed by atoms with Crippen molar-refractivity contribution in [3.8, 4) is 0 Å². The van der Waals surface area contributed by atoms with Crippen molar-refractivity contribution in [2.75, 3.05) is 0 Å². The van der Waals surface area contributed by atoms with Crippen molar-refractivity contribution in [3.63, 3.8) is 0 Å². The molecule has 0 amide bonds. The molecule has 84 valence electrons. The summed E-state index contributed by atoms with van der Waals surface area (Å²) in [5.74, 6) is -0.734. The van der Waals surface area contributed by atoms with Gasteiger partial charge < -0.3 is 0 Å². The summed E-state index contributed by atoms with van der Waals surface area (Å²) in [6.07, 6.45) is 8.00. The molecule has 1 atom stereocenters. The Bertz CT molecular complexity index is 444. The van der Waals surface area contributed by atoms with Gasteiger partial charge in [-0.25, -0.2) is 0 Å². The maximum atomic E-state index is 11.8. The van der Waals surface area contributed by atoms with Crippen molar-refractivity contribution >= 4 is 34.8 Å². The van der Waals surface area contributed by atoms with Gasteiger partial charge in [-0.15, -0.1) is 0 Å². The highest BCUT2D eigenvalue weighted by molar-refractivity contribution is 6.58. The number of hydrogen-bond donors (Lipinski definition) is 0. The second-order valence-electron chi connectivity index (χ2n) is 3.88. The highest BCUT2D eigenvalue weighted by atomic mass is 35.5. The topological polar surface area (TPSA) is 34.1 Å². The fourth-order valence-corrected chi connectivity index (χ4v) is 2.57. The van der Waals surface area contributed by atoms with Gasteiger partial charge in [0.25, 0.3) is 0 Å². The first-order chi connectivity index (χ1) is 7.61. The molecule has 0 bridgehead atoms. The molecular weight excluding hydrogens is 247 g/mol. The molecule has 2 aliphatic carbocycles. The number of hydrogen-bond acceptors (Lipinski definition) is 2. The van der Waals surface area contributed by atoms with Gasteiger partial charge in [0.15, 0.2) is 5.78 Å². The lowest BCUT2D eigenvalue weighted by Gasteiger charge is -2.21. The minimum absolute atomic E-state index is 0.0194. The second-order valence-corrected chi connectivity index (χ2v) is 4.66. The van der Waals surface area contributed by atoms with Crippen LogP contribution in [0.2, 0.25) is 0 Å². The van der Waals surface area contributed by atoms with E-state index >= 15 is 0 Å². The van der Waals surface area contributed by atoms with Gasteiger partial charge in [-0.1, -0.05) is 35.4 Å². The van der Waals surface area contributed by atoms with Crippen molar-refractivity contribution in [1.29, 1.82) is 0 Å². The van der Waals surface area contributed by atoms with Gasteiger partial charge in [-0.3, -0.25) is 9.59 Å². The van der Waals surface area contributed by atoms with Gasteiger partial charge in [-0.2, -0.15) is 0 Å². The molecule has 0 saturated carbocycles. The molecule has 0 N–H and O–H groups in total. The van der Waals surface area contributed by atoms with Gasteiger partial charge in [0.1, 0.15) is 0 Å². The third-order valence-corrected chi connectivity index (χ3v) is 3.46. The normalized spacial score (nSPS) is 26.1. The fourth-order valence-electron chi connectivity index (χ4n) is 1.99. The first-order valence-electron chi connectivity index (χ1n) is 5.14. The molecule has 0 saturated heterocycles. The Kier molecular flexibility index (Phi) is 3.31. The molecule has 2 nitrogen and oxygen atoms in total. The summed E-state index contributed by atoms with van der Waals surface area (Å²) >= 11 is 11.5. The van der Waals surface area contributed by atoms with E-state index in [1.807, 2.05) is 12.2 Å². The number of halogens is 2. The summed E-state index contributed by atoms with van der Waals surface area (Å²) in [5.41, 5.74) is 0.395. The lowest BCUT2D eigenvalue weighted by molar-refractivity contribution is -0.115. The summed E-state index contributed by atoms with van der Waals surface area (Å²) in [4.78, 5) is 23.3. The third-order valence-electron chi connectivity index (χ3n) is 2.80. The Labute approximate surface area is 104 Å². The van der Waals surface area contributed by atoms with E-state index in [1.54, 1.807) is 0 Å². The van der Waals surface area contributed by atoms with Crippen molar-refractivity contribution in [2.24, 2.45) is 5.92 Å². The highest BCUT2D eigenvalue weighted by Crippen LogP contribution is 2.33. The van der Waals surface area contributed by atoms with Gasteiger partial charge in [0, 0.05) is 17.6 Å². The average molecular weight is 257 g/mol. The maximum absolute atomic E-state index is 11.8. The summed E-state index contributed by atoms with van der Waals surface area (Å²) in [6, 6.07) is 0. The van der Waals surface area contributed by atoms with Crippen LogP contribution in [0.4, 0.5) is 0 Å². The molecule has 0 fully saturated rings. The molecule has 0 aromatic carbocycles. The van der Waals surface area contributed by atoms with Crippen LogP contribution in [0.25, 0.3) is 0 Å². The Morgan fingerprint density at radius 3 is 2.62 bits per heavy atom. The van der Waals surface area contributed by atoms with Crippen molar-refractivity contribution in [2.45, 2.75) is 19.3 Å². The molecule has 2 aliphatic rings. The van der Waals surface area contributed by atoms with Gasteiger partial charge >= 0.3 is 0 Å². The molecule has 2 rings (SSSR count). The summed E-state index contributed by atoms with van der Waals surface area (Å²) in [5, 5.41) is -0.118. The highest BCUT2D eigenvalue weighted by Gasteiger charge is 2.30. The van der Waals surface area contributed by atoms with E-state index in [9.17, 15) is 9.59 Å². The molecule has 0 aromatic heterocycles. The van der Waals surface area contributed by atoms with Crippen LogP contribution in [0, 0.1) is 5.92 Å². The Balaban J connectivity index is 2.39. The maximum Gasteiger partial charge on any atom is 0.216 e. The lowest BCUT2D eigenvalue weighted by atomic mass is 9.84. The van der Waals surface area contributed by atoms with E-state index in [4.69, 9.17) is 23.2 Å². The van der Waals surface area contributed by atoms with E-state index < -0.39 is 5.78 Å². The molecule has 0 aromatic rings. The first-order valence-corrected chi connectivity index (χ1v) is 5.89. The molecule has 0 heterocycles. The number of carbonyl (C=O) groups is 2. The minimum Gasteiger partial charge on any atom is -0.290 e. The van der Waals surface area contributed by atoms with Crippen LogP contribution in [0.3, 0.4) is 0 Å². The zero-order chi connectivity index (χ0) is 11.7. The quantitative estimate of drug-likeness (QED) is 0.534. The standard InChI is InChI=1S/C12H10Cl2O2/c13-8-6-9(15)10(11(14)12(8)16)7-4-2-1-3-5-7/h2,4,6-7H,1,3,5H2. The Morgan fingerprint density at radius 2 is 2.00 bits per heavy atom. The number of ketones is 2. The largest absolute Gasteiger partial charge is 0.290 e. The van der Waals surface area contributed by atoms with Crippen molar-refractivity contribution in [1.82, 2.24) is 0 Å². The summed E-state index contributed by atoms with van der Waals surface area (Å²) < 4.78 is 0.